The van der Waals surface area contributed by atoms with E-state index in [1.807, 2.05) is 0 Å². The summed E-state index contributed by atoms with van der Waals surface area (Å²) in [7, 11) is 3.00. The Hall–Kier alpha value is -1.75. The molecule has 0 aliphatic rings. The number of aliphatic hydroxyl groups is 1. The summed E-state index contributed by atoms with van der Waals surface area (Å²) in [6.07, 6.45) is 0.415. The molecular formula is C12H16O5. The lowest BCUT2D eigenvalue weighted by Gasteiger charge is -2.09. The molecule has 0 atom stereocenters. The fraction of sp³-hybridized carbons (Fsp3) is 0.417. The number of carbonyl (C=O) groups is 1. The molecule has 0 bridgehead atoms. The molecule has 0 fully saturated rings. The van der Waals surface area contributed by atoms with E-state index in [1.165, 1.54) is 14.2 Å². The first-order valence-electron chi connectivity index (χ1n) is 5.23. The predicted octanol–water partition coefficient (Wildman–Crippen LogP) is 1.24. The largest absolute Gasteiger partial charge is 0.497 e. The summed E-state index contributed by atoms with van der Waals surface area (Å²) in [5.74, 6) is 0.494. The van der Waals surface area contributed by atoms with Gasteiger partial charge in [0.1, 0.15) is 17.1 Å². The van der Waals surface area contributed by atoms with Crippen LogP contribution in [0.3, 0.4) is 0 Å². The number of ether oxygens (including phenoxy) is 3. The van der Waals surface area contributed by atoms with Crippen molar-refractivity contribution in [1.82, 2.24) is 0 Å². The second-order valence-electron chi connectivity index (χ2n) is 3.28. The lowest BCUT2D eigenvalue weighted by atomic mass is 10.2. The molecule has 0 radical (unpaired) electrons. The van der Waals surface area contributed by atoms with Crippen LogP contribution in [0.15, 0.2) is 18.2 Å². The number of hydrogen-bond donors (Lipinski definition) is 1. The van der Waals surface area contributed by atoms with Crippen LogP contribution in [0.4, 0.5) is 0 Å². The van der Waals surface area contributed by atoms with E-state index < -0.39 is 5.97 Å². The van der Waals surface area contributed by atoms with Gasteiger partial charge in [-0.2, -0.15) is 0 Å². The van der Waals surface area contributed by atoms with Gasteiger partial charge in [-0.25, -0.2) is 4.79 Å². The quantitative estimate of drug-likeness (QED) is 0.598. The average molecular weight is 240 g/mol. The molecule has 0 amide bonds. The Labute approximate surface area is 99.9 Å². The number of rotatable bonds is 6. The standard InChI is InChI=1S/C12H16O5/c1-15-9-4-5-11(16-2)10(8-9)12(14)17-7-3-6-13/h4-5,8,13H,3,6-7H2,1-2H3. The third kappa shape index (κ3) is 3.64. The van der Waals surface area contributed by atoms with E-state index in [0.29, 0.717) is 23.5 Å². The first-order chi connectivity index (χ1) is 8.22. The maximum absolute atomic E-state index is 11.7. The first-order valence-corrected chi connectivity index (χ1v) is 5.23. The number of aliphatic hydroxyl groups excluding tert-OH is 1. The van der Waals surface area contributed by atoms with Crippen molar-refractivity contribution in [2.45, 2.75) is 6.42 Å². The fourth-order valence-electron chi connectivity index (χ4n) is 1.28. The van der Waals surface area contributed by atoms with E-state index in [9.17, 15) is 4.79 Å². The maximum Gasteiger partial charge on any atom is 0.342 e. The molecule has 0 aromatic heterocycles. The monoisotopic (exact) mass is 240 g/mol. The van der Waals surface area contributed by atoms with E-state index in [2.05, 4.69) is 0 Å². The molecule has 1 N–H and O–H groups in total. The summed E-state index contributed by atoms with van der Waals surface area (Å²) >= 11 is 0. The third-order valence-corrected chi connectivity index (χ3v) is 2.16. The van der Waals surface area contributed by atoms with Crippen molar-refractivity contribution in [1.29, 1.82) is 0 Å². The van der Waals surface area contributed by atoms with Gasteiger partial charge < -0.3 is 19.3 Å². The van der Waals surface area contributed by atoms with E-state index in [0.717, 1.165) is 0 Å². The minimum Gasteiger partial charge on any atom is -0.497 e. The van der Waals surface area contributed by atoms with Crippen molar-refractivity contribution in [3.05, 3.63) is 23.8 Å². The summed E-state index contributed by atoms with van der Waals surface area (Å²) in [5.41, 5.74) is 0.310. The van der Waals surface area contributed by atoms with Crippen LogP contribution in [0.25, 0.3) is 0 Å². The number of hydrogen-bond acceptors (Lipinski definition) is 5. The van der Waals surface area contributed by atoms with Crippen molar-refractivity contribution < 1.29 is 24.1 Å². The molecule has 1 aromatic carbocycles. The van der Waals surface area contributed by atoms with Gasteiger partial charge in [0.15, 0.2) is 0 Å². The topological polar surface area (TPSA) is 65.0 Å². The van der Waals surface area contributed by atoms with Crippen LogP contribution in [0.1, 0.15) is 16.8 Å². The van der Waals surface area contributed by atoms with Crippen LogP contribution in [0.2, 0.25) is 0 Å². The summed E-state index contributed by atoms with van der Waals surface area (Å²) in [5, 5.41) is 8.60. The normalized spacial score (nSPS) is 9.82. The molecule has 1 rings (SSSR count). The Morgan fingerprint density at radius 1 is 1.29 bits per heavy atom. The van der Waals surface area contributed by atoms with Crippen molar-refractivity contribution >= 4 is 5.97 Å². The van der Waals surface area contributed by atoms with Crippen LogP contribution in [0.5, 0.6) is 11.5 Å². The molecule has 0 unspecified atom stereocenters. The summed E-state index contributed by atoms with van der Waals surface area (Å²) in [6, 6.07) is 4.89. The summed E-state index contributed by atoms with van der Waals surface area (Å²) < 4.78 is 15.1. The van der Waals surface area contributed by atoms with Gasteiger partial charge in [-0.1, -0.05) is 0 Å². The van der Waals surface area contributed by atoms with Crippen LogP contribution in [-0.2, 0) is 4.74 Å². The highest BCUT2D eigenvalue weighted by Crippen LogP contribution is 2.24. The number of carbonyl (C=O) groups excluding carboxylic acids is 1. The zero-order valence-electron chi connectivity index (χ0n) is 9.93. The van der Waals surface area contributed by atoms with Crippen LogP contribution < -0.4 is 9.47 Å². The van der Waals surface area contributed by atoms with Gasteiger partial charge in [-0.05, 0) is 18.2 Å². The van der Waals surface area contributed by atoms with Gasteiger partial charge in [0.05, 0.1) is 20.8 Å². The molecule has 0 saturated heterocycles. The van der Waals surface area contributed by atoms with E-state index in [1.54, 1.807) is 18.2 Å². The van der Waals surface area contributed by atoms with E-state index in [-0.39, 0.29) is 13.2 Å². The molecule has 1 aromatic rings. The van der Waals surface area contributed by atoms with Gasteiger partial charge in [0.2, 0.25) is 0 Å². The van der Waals surface area contributed by atoms with Crippen LogP contribution >= 0.6 is 0 Å². The molecule has 94 valence electrons. The highest BCUT2D eigenvalue weighted by molar-refractivity contribution is 5.93. The molecule has 0 heterocycles. The van der Waals surface area contributed by atoms with Gasteiger partial charge in [-0.15, -0.1) is 0 Å². The van der Waals surface area contributed by atoms with Gasteiger partial charge >= 0.3 is 5.97 Å². The van der Waals surface area contributed by atoms with Gasteiger partial charge in [0.25, 0.3) is 0 Å². The number of methoxy groups -OCH3 is 2. The van der Waals surface area contributed by atoms with Crippen molar-refractivity contribution in [2.24, 2.45) is 0 Å². The SMILES string of the molecule is COc1ccc(OC)c(C(=O)OCCCO)c1. The first kappa shape index (κ1) is 13.3. The molecule has 0 saturated carbocycles. The molecule has 0 aliphatic carbocycles. The summed E-state index contributed by atoms with van der Waals surface area (Å²) in [6.45, 7) is 0.165. The molecule has 0 aliphatic heterocycles. The number of benzene rings is 1. The Bertz CT molecular complexity index is 375. The second kappa shape index (κ2) is 6.75. The highest BCUT2D eigenvalue weighted by atomic mass is 16.5. The Morgan fingerprint density at radius 3 is 2.65 bits per heavy atom. The minimum atomic E-state index is -0.491. The molecule has 5 heteroatoms. The van der Waals surface area contributed by atoms with E-state index in [4.69, 9.17) is 19.3 Å². The van der Waals surface area contributed by atoms with Gasteiger partial charge in [-0.3, -0.25) is 0 Å². The third-order valence-electron chi connectivity index (χ3n) is 2.16. The average Bonchev–Trinajstić information content (AvgIpc) is 2.38. The molecule has 5 nitrogen and oxygen atoms in total. The zero-order chi connectivity index (χ0) is 12.7. The minimum absolute atomic E-state index is 0.0114. The zero-order valence-corrected chi connectivity index (χ0v) is 9.93. The van der Waals surface area contributed by atoms with Crippen LogP contribution in [0, 0.1) is 0 Å². The molecular weight excluding hydrogens is 224 g/mol. The lowest BCUT2D eigenvalue weighted by molar-refractivity contribution is 0.0478. The van der Waals surface area contributed by atoms with Crippen molar-refractivity contribution in [3.8, 4) is 11.5 Å². The van der Waals surface area contributed by atoms with Gasteiger partial charge in [0, 0.05) is 13.0 Å². The Morgan fingerprint density at radius 2 is 2.06 bits per heavy atom. The van der Waals surface area contributed by atoms with Crippen LogP contribution in [-0.4, -0.2) is 38.5 Å². The van der Waals surface area contributed by atoms with E-state index >= 15 is 0 Å². The smallest absolute Gasteiger partial charge is 0.342 e. The maximum atomic E-state index is 11.7. The van der Waals surface area contributed by atoms with Crippen molar-refractivity contribution in [3.63, 3.8) is 0 Å². The van der Waals surface area contributed by atoms with Crippen molar-refractivity contribution in [2.75, 3.05) is 27.4 Å². The Balaban J connectivity index is 2.82. The second-order valence-corrected chi connectivity index (χ2v) is 3.28. The fourth-order valence-corrected chi connectivity index (χ4v) is 1.28. The predicted molar refractivity (Wildman–Crippen MR) is 61.5 cm³/mol. The number of esters is 1. The summed E-state index contributed by atoms with van der Waals surface area (Å²) in [4.78, 5) is 11.7. The highest BCUT2D eigenvalue weighted by Gasteiger charge is 2.14. The molecule has 0 spiro atoms. The lowest BCUT2D eigenvalue weighted by Crippen LogP contribution is -2.09. The Kier molecular flexibility index (Phi) is 5.29. The molecule has 17 heavy (non-hydrogen) atoms.